The van der Waals surface area contributed by atoms with Gasteiger partial charge in [-0.15, -0.1) is 0 Å². The van der Waals surface area contributed by atoms with Gasteiger partial charge in [-0.05, 0) is 63.4 Å². The molecule has 11 nitrogen and oxygen atoms in total. The zero-order valence-electron chi connectivity index (χ0n) is 29.3. The van der Waals surface area contributed by atoms with Crippen LogP contribution in [0.3, 0.4) is 0 Å². The van der Waals surface area contributed by atoms with Crippen LogP contribution in [0.4, 0.5) is 11.4 Å². The number of likely N-dealkylation sites (tertiary alicyclic amines) is 1. The Labute approximate surface area is 294 Å². The fourth-order valence-electron chi connectivity index (χ4n) is 8.00. The van der Waals surface area contributed by atoms with Crippen LogP contribution in [0.1, 0.15) is 51.7 Å². The highest BCUT2D eigenvalue weighted by Crippen LogP contribution is 2.56. The van der Waals surface area contributed by atoms with Crippen molar-refractivity contribution in [3.8, 4) is 0 Å². The molecule has 2 aromatic carbocycles. The van der Waals surface area contributed by atoms with Gasteiger partial charge in [-0.25, -0.2) is 0 Å². The molecule has 7 atom stereocenters. The highest BCUT2D eigenvalue weighted by atomic mass is 16.6. The summed E-state index contributed by atoms with van der Waals surface area (Å²) in [6.45, 7) is 7.84. The van der Waals surface area contributed by atoms with E-state index in [1.165, 1.54) is 4.90 Å². The van der Waals surface area contributed by atoms with Gasteiger partial charge in [-0.2, -0.15) is 0 Å². The van der Waals surface area contributed by atoms with E-state index in [1.54, 1.807) is 29.0 Å². The molecule has 3 amide bonds. The lowest BCUT2D eigenvalue weighted by molar-refractivity contribution is -0.164. The van der Waals surface area contributed by atoms with Gasteiger partial charge in [0.25, 0.3) is 5.91 Å². The number of nitrogens with zero attached hydrogens (tertiary/aromatic N) is 4. The molecule has 2 aromatic rings. The minimum atomic E-state index is -1.39. The van der Waals surface area contributed by atoms with Crippen molar-refractivity contribution in [1.29, 1.82) is 0 Å². The lowest BCUT2D eigenvalue weighted by atomic mass is 9.74. The van der Waals surface area contributed by atoms with E-state index >= 15 is 0 Å². The molecule has 2 saturated heterocycles. The van der Waals surface area contributed by atoms with Crippen LogP contribution in [0.2, 0.25) is 0 Å². The first-order valence-electron chi connectivity index (χ1n) is 17.8. The number of hydrogen-bond donors (Lipinski definition) is 1. The minimum absolute atomic E-state index is 0.109. The average Bonchev–Trinajstić information content (AvgIpc) is 3.78. The smallest absolute Gasteiger partial charge is 0.313 e. The quantitative estimate of drug-likeness (QED) is 0.329. The van der Waals surface area contributed by atoms with Gasteiger partial charge in [-0.1, -0.05) is 54.6 Å². The summed E-state index contributed by atoms with van der Waals surface area (Å²) in [5.41, 5.74) is 0.999. The van der Waals surface area contributed by atoms with Gasteiger partial charge in [0.1, 0.15) is 23.7 Å². The van der Waals surface area contributed by atoms with Crippen LogP contribution in [0.25, 0.3) is 0 Å². The number of fused-ring (bicyclic) bond motifs is 2. The number of rotatable bonds is 8. The maximum Gasteiger partial charge on any atom is 0.313 e. The number of likely N-dealkylation sites (N-methyl/N-ethyl adjacent to an activating group) is 1. The second-order valence-corrected chi connectivity index (χ2v) is 13.5. The molecule has 11 heteroatoms. The van der Waals surface area contributed by atoms with Crippen molar-refractivity contribution in [1.82, 2.24) is 9.80 Å². The van der Waals surface area contributed by atoms with Gasteiger partial charge in [0.2, 0.25) is 11.8 Å². The van der Waals surface area contributed by atoms with E-state index in [2.05, 4.69) is 18.7 Å². The third-order valence-electron chi connectivity index (χ3n) is 10.8. The first kappa shape index (κ1) is 35.3. The van der Waals surface area contributed by atoms with E-state index in [0.29, 0.717) is 12.1 Å². The molecule has 4 aliphatic heterocycles. The summed E-state index contributed by atoms with van der Waals surface area (Å²) in [7, 11) is 1.71. The summed E-state index contributed by atoms with van der Waals surface area (Å²) in [6, 6.07) is 15.4. The van der Waals surface area contributed by atoms with E-state index in [1.807, 2.05) is 73.7 Å². The van der Waals surface area contributed by atoms with Crippen LogP contribution in [-0.2, 0) is 28.7 Å². The highest BCUT2D eigenvalue weighted by Gasteiger charge is 2.73. The number of carbonyl (C=O) groups is 4. The fraction of sp³-hybridized carbons (Fsp3) is 0.487. The molecular weight excluding hydrogens is 636 g/mol. The van der Waals surface area contributed by atoms with E-state index in [0.717, 1.165) is 24.3 Å². The second kappa shape index (κ2) is 14.8. The summed E-state index contributed by atoms with van der Waals surface area (Å²) in [4.78, 5) is 64.1. The van der Waals surface area contributed by atoms with Gasteiger partial charge in [0.15, 0.2) is 0 Å². The molecule has 2 fully saturated rings. The summed E-state index contributed by atoms with van der Waals surface area (Å²) < 4.78 is 12.9. The molecule has 0 saturated carbocycles. The predicted octanol–water partition coefficient (Wildman–Crippen LogP) is 3.88. The molecule has 266 valence electrons. The van der Waals surface area contributed by atoms with E-state index < -0.39 is 47.7 Å². The summed E-state index contributed by atoms with van der Waals surface area (Å²) in [5.74, 6) is -3.46. The average molecular weight is 685 g/mol. The number of aliphatic hydroxyl groups is 1. The first-order valence-corrected chi connectivity index (χ1v) is 17.8. The minimum Gasteiger partial charge on any atom is -0.455 e. The van der Waals surface area contributed by atoms with Gasteiger partial charge in [0, 0.05) is 57.6 Å². The number of ether oxygens (including phenoxy) is 2. The number of carbonyl (C=O) groups excluding carboxylic acids is 4. The number of cyclic esters (lactones) is 1. The van der Waals surface area contributed by atoms with Gasteiger partial charge in [0.05, 0.1) is 18.1 Å². The molecule has 0 unspecified atom stereocenters. The van der Waals surface area contributed by atoms with Crippen molar-refractivity contribution >= 4 is 35.1 Å². The Morgan fingerprint density at radius 2 is 1.68 bits per heavy atom. The SMILES string of the molecule is CCN(CC)c1ccc(N2C/C=C\CCC(=O)N(C)[C@H](C)[C@@H](c3ccccc3)OC(=O)[C@@H]3[C@@H]4C=C[C@]5(O4)[C@H](C2=O)N(CCCO)C(=O)[C@@H]35)cc1. The molecule has 5 bridgehead atoms. The van der Waals surface area contributed by atoms with Crippen LogP contribution in [0.5, 0.6) is 0 Å². The molecule has 0 aromatic heterocycles. The van der Waals surface area contributed by atoms with Crippen LogP contribution in [-0.4, -0.2) is 102 Å². The summed E-state index contributed by atoms with van der Waals surface area (Å²) in [6.07, 6.45) is 6.68. The molecule has 4 heterocycles. The standard InChI is InChI=1S/C39H48N4O7/c1-5-41(6-2)28-17-19-29(20-18-28)42-23-12-8-11-16-31(45)40(4)26(3)34(27-14-9-7-10-15-27)49-38(48)32-30-21-22-39(50-30)33(32)36(46)43(24-13-25-44)35(39)37(42)47/h7-10,12,14-15,17-22,26,30,32-35,44H,5-6,11,13,16,23-25H2,1-4H3/b12-8-/t26-,30+,32-,33-,34+,35+,39-/m1/s1. The fourth-order valence-corrected chi connectivity index (χ4v) is 8.00. The van der Waals surface area contributed by atoms with Crippen LogP contribution < -0.4 is 9.80 Å². The number of aliphatic hydroxyl groups excluding tert-OH is 1. The van der Waals surface area contributed by atoms with Gasteiger partial charge in [-0.3, -0.25) is 19.2 Å². The van der Waals surface area contributed by atoms with Crippen LogP contribution in [0, 0.1) is 11.8 Å². The summed E-state index contributed by atoms with van der Waals surface area (Å²) >= 11 is 0. The number of amides is 3. The predicted molar refractivity (Wildman–Crippen MR) is 189 cm³/mol. The number of allylic oxidation sites excluding steroid dienone is 1. The highest BCUT2D eigenvalue weighted by molar-refractivity contribution is 6.05. The Bertz CT molecular complexity index is 1620. The van der Waals surface area contributed by atoms with E-state index in [9.17, 15) is 24.3 Å². The van der Waals surface area contributed by atoms with Gasteiger partial charge >= 0.3 is 5.97 Å². The van der Waals surface area contributed by atoms with Gasteiger partial charge < -0.3 is 34.2 Å². The number of anilines is 2. The molecule has 1 spiro atoms. The molecule has 0 aliphatic carbocycles. The van der Waals surface area contributed by atoms with Crippen molar-refractivity contribution in [2.45, 2.75) is 69.9 Å². The third-order valence-corrected chi connectivity index (χ3v) is 10.8. The van der Waals surface area contributed by atoms with Crippen molar-refractivity contribution < 1.29 is 33.8 Å². The normalized spacial score (nSPS) is 30.5. The number of hydrogen-bond acceptors (Lipinski definition) is 8. The van der Waals surface area contributed by atoms with E-state index in [-0.39, 0.29) is 50.3 Å². The molecule has 1 N–H and O–H groups in total. The lowest BCUT2D eigenvalue weighted by Crippen LogP contribution is -2.56. The Morgan fingerprint density at radius 1 is 0.960 bits per heavy atom. The monoisotopic (exact) mass is 684 g/mol. The maximum atomic E-state index is 15.0. The lowest BCUT2D eigenvalue weighted by Gasteiger charge is -2.36. The van der Waals surface area contributed by atoms with Crippen molar-refractivity contribution in [2.75, 3.05) is 49.6 Å². The molecule has 6 rings (SSSR count). The maximum absolute atomic E-state index is 15.0. The zero-order chi connectivity index (χ0) is 35.6. The topological polar surface area (TPSA) is 120 Å². The van der Waals surface area contributed by atoms with Crippen LogP contribution >= 0.6 is 0 Å². The number of esters is 1. The van der Waals surface area contributed by atoms with Crippen molar-refractivity contribution in [2.24, 2.45) is 11.8 Å². The third kappa shape index (κ3) is 6.21. The Balaban J connectivity index is 1.43. The summed E-state index contributed by atoms with van der Waals surface area (Å²) in [5, 5.41) is 9.79. The first-order chi connectivity index (χ1) is 24.2. The van der Waals surface area contributed by atoms with Crippen molar-refractivity contribution in [3.05, 3.63) is 84.5 Å². The largest absolute Gasteiger partial charge is 0.455 e. The Kier molecular flexibility index (Phi) is 10.5. The molecule has 0 radical (unpaired) electrons. The van der Waals surface area contributed by atoms with Crippen LogP contribution in [0.15, 0.2) is 78.9 Å². The molecular formula is C39H48N4O7. The number of benzene rings is 2. The second-order valence-electron chi connectivity index (χ2n) is 13.5. The Morgan fingerprint density at radius 3 is 2.36 bits per heavy atom. The van der Waals surface area contributed by atoms with E-state index in [4.69, 9.17) is 9.47 Å². The molecule has 4 aliphatic rings. The Hall–Kier alpha value is -4.48. The molecule has 50 heavy (non-hydrogen) atoms. The zero-order valence-corrected chi connectivity index (χ0v) is 29.3. The van der Waals surface area contributed by atoms with Crippen molar-refractivity contribution in [3.63, 3.8) is 0 Å².